The lowest BCUT2D eigenvalue weighted by atomic mass is 9.86. The highest BCUT2D eigenvalue weighted by molar-refractivity contribution is 5.91. The highest BCUT2D eigenvalue weighted by atomic mass is 19.1. The standard InChI is InChI=1S/C60H73FN12O15/c1-13-16-19-86-55-38(62)22-34(58(4,5)6)23-44(55)64-40-29-41(52(71(80)81)32-51(40)70(78)79)65-47-26-36(60(10,11)12)27-48(57(47)88-21-18-15-3)67-43-30-42(53(72(82)83)33-54(43)73(84)85)66-46-25-35(59(7,8)9)24-45(56(46)87-20-17-14-2)63-39-28-37(61)49(68(74)75)31-50(39)69(76)77/h22-33,63-67H,13-21,62H2,1-12H3. The van der Waals surface area contributed by atoms with Gasteiger partial charge in [-0.3, -0.25) is 60.7 Å². The highest BCUT2D eigenvalue weighted by Crippen LogP contribution is 2.50. The number of rotatable bonds is 28. The van der Waals surface area contributed by atoms with Crippen molar-refractivity contribution in [1.82, 2.24) is 0 Å². The van der Waals surface area contributed by atoms with Crippen molar-refractivity contribution >= 4 is 96.7 Å². The number of nitro groups is 6. The van der Waals surface area contributed by atoms with Crippen molar-refractivity contribution in [2.24, 2.45) is 0 Å². The van der Waals surface area contributed by atoms with Crippen molar-refractivity contribution in [1.29, 1.82) is 0 Å². The Morgan fingerprint density at radius 3 is 0.864 bits per heavy atom. The van der Waals surface area contributed by atoms with Crippen molar-refractivity contribution in [2.45, 2.75) is 138 Å². The molecule has 0 bridgehead atoms. The maximum Gasteiger partial charge on any atom is 0.311 e. The number of benzene rings is 6. The summed E-state index contributed by atoms with van der Waals surface area (Å²) in [7, 11) is 0. The zero-order valence-electron chi connectivity index (χ0n) is 51.1. The number of nitro benzene ring substituents is 6. The summed E-state index contributed by atoms with van der Waals surface area (Å²) in [5.41, 5.74) is 0.269. The fourth-order valence-electron chi connectivity index (χ4n) is 8.93. The number of unbranched alkanes of at least 4 members (excludes halogenated alkanes) is 3. The summed E-state index contributed by atoms with van der Waals surface area (Å²) in [4.78, 5) is 70.7. The van der Waals surface area contributed by atoms with Gasteiger partial charge in [0, 0.05) is 6.07 Å². The van der Waals surface area contributed by atoms with E-state index in [1.165, 1.54) is 6.07 Å². The number of ether oxygens (including phenoxy) is 3. The van der Waals surface area contributed by atoms with Gasteiger partial charge in [0.15, 0.2) is 17.2 Å². The van der Waals surface area contributed by atoms with Crippen LogP contribution in [-0.2, 0) is 16.2 Å². The molecule has 0 atom stereocenters. The van der Waals surface area contributed by atoms with Gasteiger partial charge in [0.05, 0.1) is 102 Å². The van der Waals surface area contributed by atoms with Crippen LogP contribution in [0.15, 0.2) is 72.8 Å². The van der Waals surface area contributed by atoms with Crippen molar-refractivity contribution in [3.8, 4) is 17.2 Å². The zero-order valence-corrected chi connectivity index (χ0v) is 51.1. The molecule has 0 amide bonds. The average Bonchev–Trinajstić information content (AvgIpc) is 1.31. The third kappa shape index (κ3) is 16.0. The van der Waals surface area contributed by atoms with E-state index in [2.05, 4.69) is 26.6 Å². The summed E-state index contributed by atoms with van der Waals surface area (Å²) in [6.45, 7) is 22.9. The molecule has 0 aromatic heterocycles. The van der Waals surface area contributed by atoms with Gasteiger partial charge in [-0.15, -0.1) is 0 Å². The third-order valence-electron chi connectivity index (χ3n) is 13.9. The molecule has 0 aliphatic rings. The molecule has 0 radical (unpaired) electrons. The SMILES string of the molecule is CCCCOc1c(N)cc(C(C)(C)C)cc1Nc1cc(Nc2cc(C(C)(C)C)cc(Nc3cc(Nc4cc(C(C)(C)C)cc(Nc5cc(F)c([N+](=O)[O-])cc5[N+](=O)[O-])c4OCCCC)c([N+](=O)[O-])cc3[N+](=O)[O-])c2OCCCC)c([N+](=O)[O-])cc1[N+](=O)[O-]. The van der Waals surface area contributed by atoms with Crippen LogP contribution >= 0.6 is 0 Å². The molecule has 0 saturated carbocycles. The lowest BCUT2D eigenvalue weighted by Gasteiger charge is -2.26. The molecule has 0 unspecified atom stereocenters. The largest absolute Gasteiger partial charge is 0.489 e. The number of nitrogen functional groups attached to an aromatic ring is 1. The lowest BCUT2D eigenvalue weighted by Crippen LogP contribution is -2.14. The van der Waals surface area contributed by atoms with Crippen LogP contribution in [0.2, 0.25) is 0 Å². The summed E-state index contributed by atoms with van der Waals surface area (Å²) in [5, 5.41) is 91.2. The molecule has 7 N–H and O–H groups in total. The summed E-state index contributed by atoms with van der Waals surface area (Å²) < 4.78 is 34.2. The summed E-state index contributed by atoms with van der Waals surface area (Å²) in [5.74, 6) is -1.33. The molecule has 0 heterocycles. The molecule has 28 heteroatoms. The molecule has 27 nitrogen and oxygen atoms in total. The van der Waals surface area contributed by atoms with Crippen LogP contribution in [0.1, 0.15) is 138 Å². The van der Waals surface area contributed by atoms with Crippen molar-refractivity contribution < 1.29 is 48.1 Å². The van der Waals surface area contributed by atoms with E-state index in [4.69, 9.17) is 19.9 Å². The summed E-state index contributed by atoms with van der Waals surface area (Å²) in [6, 6.07) is 14.8. The number of nitrogens with one attached hydrogen (secondary N) is 5. The molecular formula is C60H73FN12O15. The van der Waals surface area contributed by atoms with Gasteiger partial charge in [0.1, 0.15) is 28.4 Å². The molecule has 0 spiro atoms. The molecule has 88 heavy (non-hydrogen) atoms. The number of hydrogen-bond acceptors (Lipinski definition) is 21. The average molecular weight is 1220 g/mol. The second-order valence-electron chi connectivity index (χ2n) is 23.9. The van der Waals surface area contributed by atoms with Crippen LogP contribution < -0.4 is 46.5 Å². The van der Waals surface area contributed by atoms with E-state index < -0.39 is 91.4 Å². The van der Waals surface area contributed by atoms with Crippen LogP contribution in [0.3, 0.4) is 0 Å². The predicted molar refractivity (Wildman–Crippen MR) is 337 cm³/mol. The predicted octanol–water partition coefficient (Wildman–Crippen LogP) is 17.0. The Kier molecular flexibility index (Phi) is 20.9. The van der Waals surface area contributed by atoms with E-state index in [-0.39, 0.29) is 93.9 Å². The molecular weight excluding hydrogens is 1150 g/mol. The molecule has 0 fully saturated rings. The molecule has 0 aliphatic heterocycles. The summed E-state index contributed by atoms with van der Waals surface area (Å²) in [6.07, 6.45) is 3.61. The maximum absolute atomic E-state index is 15.3. The Balaban J connectivity index is 1.61. The van der Waals surface area contributed by atoms with Gasteiger partial charge < -0.3 is 46.5 Å². The van der Waals surface area contributed by atoms with Crippen LogP contribution in [-0.4, -0.2) is 49.4 Å². The van der Waals surface area contributed by atoms with Crippen LogP contribution in [0.5, 0.6) is 17.2 Å². The van der Waals surface area contributed by atoms with Crippen LogP contribution in [0.4, 0.5) is 101 Å². The number of halogens is 1. The molecule has 0 aliphatic carbocycles. The van der Waals surface area contributed by atoms with Gasteiger partial charge in [-0.25, -0.2) is 0 Å². The Morgan fingerprint density at radius 2 is 0.602 bits per heavy atom. The maximum atomic E-state index is 15.3. The first-order valence-corrected chi connectivity index (χ1v) is 28.3. The van der Waals surface area contributed by atoms with Gasteiger partial charge in [-0.2, -0.15) is 4.39 Å². The Labute approximate surface area is 506 Å². The van der Waals surface area contributed by atoms with Gasteiger partial charge in [-0.05, 0) is 101 Å². The monoisotopic (exact) mass is 1220 g/mol. The Hall–Kier alpha value is -10.1. The smallest absolute Gasteiger partial charge is 0.311 e. The van der Waals surface area contributed by atoms with E-state index in [0.717, 1.165) is 30.2 Å². The van der Waals surface area contributed by atoms with Crippen molar-refractivity contribution in [3.05, 3.63) is 156 Å². The quantitative estimate of drug-likeness (QED) is 0.0115. The minimum absolute atomic E-state index is 0.00654. The zero-order chi connectivity index (χ0) is 65.3. The minimum Gasteiger partial charge on any atom is -0.489 e. The molecule has 0 saturated heterocycles. The first-order chi connectivity index (χ1) is 41.2. The molecule has 6 aromatic carbocycles. The minimum atomic E-state index is -1.39. The van der Waals surface area contributed by atoms with Gasteiger partial charge >= 0.3 is 5.69 Å². The fourth-order valence-corrected chi connectivity index (χ4v) is 8.93. The van der Waals surface area contributed by atoms with Crippen LogP contribution in [0, 0.1) is 66.5 Å². The Morgan fingerprint density at radius 1 is 0.364 bits per heavy atom. The van der Waals surface area contributed by atoms with Gasteiger partial charge in [0.25, 0.3) is 28.4 Å². The van der Waals surface area contributed by atoms with Crippen molar-refractivity contribution in [2.75, 3.05) is 52.1 Å². The van der Waals surface area contributed by atoms with Crippen LogP contribution in [0.25, 0.3) is 0 Å². The highest BCUT2D eigenvalue weighted by Gasteiger charge is 2.33. The van der Waals surface area contributed by atoms with E-state index in [1.54, 1.807) is 36.4 Å². The molecule has 470 valence electrons. The lowest BCUT2D eigenvalue weighted by molar-refractivity contribution is -0.395. The second-order valence-corrected chi connectivity index (χ2v) is 23.9. The van der Waals surface area contributed by atoms with E-state index in [9.17, 15) is 60.7 Å². The number of nitrogens with two attached hydrogens (primary N) is 1. The first-order valence-electron chi connectivity index (χ1n) is 28.3. The van der Waals surface area contributed by atoms with E-state index >= 15 is 4.39 Å². The van der Waals surface area contributed by atoms with E-state index in [0.29, 0.717) is 55.4 Å². The van der Waals surface area contributed by atoms with Crippen molar-refractivity contribution in [3.63, 3.8) is 0 Å². The van der Waals surface area contributed by atoms with Gasteiger partial charge in [0.2, 0.25) is 5.82 Å². The molecule has 6 aromatic rings. The fraction of sp³-hybridized carbons (Fsp3) is 0.400. The Bertz CT molecular complexity index is 3690. The van der Waals surface area contributed by atoms with Gasteiger partial charge in [-0.1, -0.05) is 102 Å². The third-order valence-corrected chi connectivity index (χ3v) is 13.9. The topological polar surface area (TPSA) is 373 Å². The molecule has 6 rings (SSSR count). The number of nitrogens with zero attached hydrogens (tertiary/aromatic N) is 6. The normalized spacial score (nSPS) is 11.6. The first kappa shape index (κ1) is 67.0. The number of anilines is 11. The second kappa shape index (κ2) is 27.5. The van der Waals surface area contributed by atoms with E-state index in [1.807, 2.05) is 83.1 Å². The summed E-state index contributed by atoms with van der Waals surface area (Å²) >= 11 is 0. The number of hydrogen-bond donors (Lipinski definition) is 6.